The monoisotopic (exact) mass is 281 g/mol. The van der Waals surface area contributed by atoms with Gasteiger partial charge in [-0.15, -0.1) is 0 Å². The second kappa shape index (κ2) is 6.17. The molecule has 0 unspecified atom stereocenters. The van der Waals surface area contributed by atoms with Crippen LogP contribution < -0.4 is 4.74 Å². The molecule has 0 aliphatic carbocycles. The van der Waals surface area contributed by atoms with E-state index in [0.29, 0.717) is 24.6 Å². The number of hydrogen-bond donors (Lipinski definition) is 0. The Morgan fingerprint density at radius 2 is 2.00 bits per heavy atom. The average Bonchev–Trinajstić information content (AvgIpc) is 2.96. The Labute approximate surface area is 122 Å². The fourth-order valence-electron chi connectivity index (χ4n) is 2.13. The molecule has 5 heteroatoms. The van der Waals surface area contributed by atoms with Gasteiger partial charge in [0.15, 0.2) is 5.82 Å². The van der Waals surface area contributed by atoms with Gasteiger partial charge in [-0.3, -0.25) is 4.98 Å². The van der Waals surface area contributed by atoms with Gasteiger partial charge in [-0.25, -0.2) is 0 Å². The van der Waals surface area contributed by atoms with Crippen LogP contribution in [0.1, 0.15) is 22.8 Å². The summed E-state index contributed by atoms with van der Waals surface area (Å²) in [5, 5.41) is 4.01. The molecule has 3 rings (SSSR count). The minimum Gasteiger partial charge on any atom is -0.496 e. The Balaban J connectivity index is 1.73. The van der Waals surface area contributed by atoms with Crippen LogP contribution in [0.15, 0.2) is 53.3 Å². The van der Waals surface area contributed by atoms with Crippen LogP contribution >= 0.6 is 0 Å². The summed E-state index contributed by atoms with van der Waals surface area (Å²) in [7, 11) is 1.65. The van der Waals surface area contributed by atoms with Gasteiger partial charge < -0.3 is 9.26 Å². The molecule has 0 atom stereocenters. The second-order valence-electron chi connectivity index (χ2n) is 4.63. The molecule has 0 saturated heterocycles. The number of rotatable bonds is 5. The van der Waals surface area contributed by atoms with Gasteiger partial charge in [0.25, 0.3) is 0 Å². The summed E-state index contributed by atoms with van der Waals surface area (Å²) < 4.78 is 10.6. The van der Waals surface area contributed by atoms with Crippen molar-refractivity contribution in [3.05, 3.63) is 71.6 Å². The smallest absolute Gasteiger partial charge is 0.231 e. The number of ether oxygens (including phenoxy) is 1. The predicted molar refractivity (Wildman–Crippen MR) is 77.1 cm³/mol. The highest BCUT2D eigenvalue weighted by Gasteiger charge is 2.10. The minimum absolute atomic E-state index is 0.560. The van der Waals surface area contributed by atoms with Gasteiger partial charge in [0.05, 0.1) is 13.5 Å². The molecule has 2 heterocycles. The third kappa shape index (κ3) is 3.25. The molecule has 0 amide bonds. The lowest BCUT2D eigenvalue weighted by molar-refractivity contribution is 0.375. The first-order valence-corrected chi connectivity index (χ1v) is 6.67. The van der Waals surface area contributed by atoms with Crippen LogP contribution in [0.4, 0.5) is 0 Å². The molecule has 106 valence electrons. The fourth-order valence-corrected chi connectivity index (χ4v) is 2.13. The predicted octanol–water partition coefficient (Wildman–Crippen LogP) is 2.65. The zero-order valence-electron chi connectivity index (χ0n) is 11.7. The Kier molecular flexibility index (Phi) is 3.91. The van der Waals surface area contributed by atoms with Crippen LogP contribution in [0, 0.1) is 0 Å². The summed E-state index contributed by atoms with van der Waals surface area (Å²) in [6.45, 7) is 0. The molecule has 0 aliphatic heterocycles. The normalized spacial score (nSPS) is 10.5. The van der Waals surface area contributed by atoms with Crippen molar-refractivity contribution in [2.75, 3.05) is 7.11 Å². The van der Waals surface area contributed by atoms with Gasteiger partial charge in [0.2, 0.25) is 5.89 Å². The number of para-hydroxylation sites is 1. The van der Waals surface area contributed by atoms with E-state index in [0.717, 1.165) is 16.9 Å². The summed E-state index contributed by atoms with van der Waals surface area (Å²) in [4.78, 5) is 8.49. The van der Waals surface area contributed by atoms with Gasteiger partial charge in [0, 0.05) is 24.4 Å². The first kappa shape index (κ1) is 13.3. The van der Waals surface area contributed by atoms with Crippen LogP contribution in [0.5, 0.6) is 5.75 Å². The van der Waals surface area contributed by atoms with Crippen molar-refractivity contribution in [3.63, 3.8) is 0 Å². The van der Waals surface area contributed by atoms with Gasteiger partial charge >= 0.3 is 0 Å². The lowest BCUT2D eigenvalue weighted by Gasteiger charge is -2.04. The van der Waals surface area contributed by atoms with E-state index in [4.69, 9.17) is 9.26 Å². The molecular formula is C16H15N3O2. The van der Waals surface area contributed by atoms with E-state index in [1.54, 1.807) is 19.5 Å². The maximum Gasteiger partial charge on any atom is 0.231 e. The summed E-state index contributed by atoms with van der Waals surface area (Å²) >= 11 is 0. The standard InChI is InChI=1S/C16H15N3O2/c1-20-14-7-3-2-6-13(14)10-16-18-15(19-21-16)9-12-5-4-8-17-11-12/h2-8,11H,9-10H2,1H3. The Bertz CT molecular complexity index is 710. The van der Waals surface area contributed by atoms with Crippen LogP contribution in [-0.2, 0) is 12.8 Å². The van der Waals surface area contributed by atoms with Gasteiger partial charge in [0.1, 0.15) is 5.75 Å². The largest absolute Gasteiger partial charge is 0.496 e. The fraction of sp³-hybridized carbons (Fsp3) is 0.188. The number of benzene rings is 1. The third-order valence-corrected chi connectivity index (χ3v) is 3.13. The summed E-state index contributed by atoms with van der Waals surface area (Å²) in [5.41, 5.74) is 2.08. The van der Waals surface area contributed by atoms with Crippen molar-refractivity contribution in [1.29, 1.82) is 0 Å². The van der Waals surface area contributed by atoms with E-state index in [2.05, 4.69) is 15.1 Å². The van der Waals surface area contributed by atoms with E-state index in [-0.39, 0.29) is 0 Å². The highest BCUT2D eigenvalue weighted by Crippen LogP contribution is 2.20. The lowest BCUT2D eigenvalue weighted by atomic mass is 10.1. The van der Waals surface area contributed by atoms with Crippen molar-refractivity contribution in [2.45, 2.75) is 12.8 Å². The van der Waals surface area contributed by atoms with E-state index in [1.807, 2.05) is 36.4 Å². The third-order valence-electron chi connectivity index (χ3n) is 3.13. The first-order valence-electron chi connectivity index (χ1n) is 6.67. The molecule has 0 fully saturated rings. The molecule has 0 aliphatic rings. The van der Waals surface area contributed by atoms with Crippen molar-refractivity contribution < 1.29 is 9.26 Å². The summed E-state index contributed by atoms with van der Waals surface area (Å²) in [6, 6.07) is 11.7. The summed E-state index contributed by atoms with van der Waals surface area (Å²) in [5.74, 6) is 2.07. The molecule has 2 aromatic heterocycles. The van der Waals surface area contributed by atoms with Gasteiger partial charge in [-0.1, -0.05) is 29.4 Å². The van der Waals surface area contributed by atoms with Crippen molar-refractivity contribution in [2.24, 2.45) is 0 Å². The van der Waals surface area contributed by atoms with Crippen LogP contribution in [0.25, 0.3) is 0 Å². The molecule has 3 aromatic rings. The van der Waals surface area contributed by atoms with Gasteiger partial charge in [-0.05, 0) is 17.7 Å². The SMILES string of the molecule is COc1ccccc1Cc1nc(Cc2cccnc2)no1. The highest BCUT2D eigenvalue weighted by atomic mass is 16.5. The summed E-state index contributed by atoms with van der Waals surface area (Å²) in [6.07, 6.45) is 4.72. The Hall–Kier alpha value is -2.69. The first-order chi connectivity index (χ1) is 10.3. The zero-order chi connectivity index (χ0) is 14.5. The molecule has 21 heavy (non-hydrogen) atoms. The second-order valence-corrected chi connectivity index (χ2v) is 4.63. The molecule has 0 radical (unpaired) electrons. The number of hydrogen-bond acceptors (Lipinski definition) is 5. The molecule has 1 aromatic carbocycles. The molecule has 0 saturated carbocycles. The van der Waals surface area contributed by atoms with E-state index in [9.17, 15) is 0 Å². The number of methoxy groups -OCH3 is 1. The van der Waals surface area contributed by atoms with Crippen LogP contribution in [0.2, 0.25) is 0 Å². The Morgan fingerprint density at radius 3 is 2.81 bits per heavy atom. The molecular weight excluding hydrogens is 266 g/mol. The minimum atomic E-state index is 0.560. The molecule has 0 N–H and O–H groups in total. The van der Waals surface area contributed by atoms with Crippen LogP contribution in [0.3, 0.4) is 0 Å². The van der Waals surface area contributed by atoms with Crippen molar-refractivity contribution in [1.82, 2.24) is 15.1 Å². The quantitative estimate of drug-likeness (QED) is 0.719. The van der Waals surface area contributed by atoms with E-state index in [1.165, 1.54) is 0 Å². The molecule has 5 nitrogen and oxygen atoms in total. The maximum atomic E-state index is 5.32. The molecule has 0 spiro atoms. The highest BCUT2D eigenvalue weighted by molar-refractivity contribution is 5.34. The van der Waals surface area contributed by atoms with E-state index < -0.39 is 0 Å². The van der Waals surface area contributed by atoms with Crippen molar-refractivity contribution in [3.8, 4) is 5.75 Å². The van der Waals surface area contributed by atoms with Crippen LogP contribution in [-0.4, -0.2) is 22.2 Å². The zero-order valence-corrected chi connectivity index (χ0v) is 11.7. The number of nitrogens with zero attached hydrogens (tertiary/aromatic N) is 3. The van der Waals surface area contributed by atoms with Crippen molar-refractivity contribution >= 4 is 0 Å². The lowest BCUT2D eigenvalue weighted by Crippen LogP contribution is -1.95. The number of aromatic nitrogens is 3. The maximum absolute atomic E-state index is 5.32. The molecule has 0 bridgehead atoms. The topological polar surface area (TPSA) is 61.0 Å². The number of pyridine rings is 1. The Morgan fingerprint density at radius 1 is 1.10 bits per heavy atom. The average molecular weight is 281 g/mol. The van der Waals surface area contributed by atoms with Gasteiger partial charge in [-0.2, -0.15) is 4.98 Å². The van der Waals surface area contributed by atoms with E-state index >= 15 is 0 Å².